The highest BCUT2D eigenvalue weighted by Crippen LogP contribution is 2.64. The molecule has 4 aromatic rings. The summed E-state index contributed by atoms with van der Waals surface area (Å²) in [6.07, 6.45) is 0.957. The van der Waals surface area contributed by atoms with E-state index < -0.39 is 0 Å². The number of hydrogen-bond acceptors (Lipinski definition) is 2. The second-order valence-corrected chi connectivity index (χ2v) is 12.3. The molecule has 0 bridgehead atoms. The first-order valence-electron chi connectivity index (χ1n) is 13.1. The maximum atomic E-state index is 6.74. The molecule has 0 atom stereocenters. The third-order valence-corrected chi connectivity index (χ3v) is 10.2. The molecule has 2 nitrogen and oxygen atoms in total. The molecule has 2 aliphatic carbocycles. The molecule has 2 heteroatoms. The molecule has 0 aromatic heterocycles. The predicted octanol–water partition coefficient (Wildman–Crippen LogP) is 9.43. The van der Waals surface area contributed by atoms with E-state index in [1.807, 2.05) is 0 Å². The Morgan fingerprint density at radius 3 is 2.08 bits per heavy atom. The van der Waals surface area contributed by atoms with E-state index in [0.717, 1.165) is 35.0 Å². The Kier molecular flexibility index (Phi) is 4.12. The molecule has 0 saturated carbocycles. The molecule has 180 valence electrons. The third-order valence-electron chi connectivity index (χ3n) is 10.2. The van der Waals surface area contributed by atoms with Crippen molar-refractivity contribution in [2.24, 2.45) is 5.41 Å². The van der Waals surface area contributed by atoms with Crippen LogP contribution in [0.3, 0.4) is 0 Å². The Bertz CT molecular complexity index is 1560. The molecule has 0 radical (unpaired) electrons. The van der Waals surface area contributed by atoms with Crippen LogP contribution in [0.15, 0.2) is 78.9 Å². The molecular formula is C34H33NO. The lowest BCUT2D eigenvalue weighted by Gasteiger charge is -2.44. The Balaban J connectivity index is 1.48. The van der Waals surface area contributed by atoms with Gasteiger partial charge in [-0.05, 0) is 86.9 Å². The van der Waals surface area contributed by atoms with E-state index in [0.29, 0.717) is 0 Å². The van der Waals surface area contributed by atoms with Crippen LogP contribution >= 0.6 is 0 Å². The van der Waals surface area contributed by atoms with E-state index in [4.69, 9.17) is 4.74 Å². The highest BCUT2D eigenvalue weighted by Gasteiger charge is 2.57. The summed E-state index contributed by atoms with van der Waals surface area (Å²) in [5.41, 5.74) is 12.0. The summed E-state index contributed by atoms with van der Waals surface area (Å²) >= 11 is 0. The van der Waals surface area contributed by atoms with Crippen molar-refractivity contribution in [3.8, 4) is 22.6 Å². The van der Waals surface area contributed by atoms with Gasteiger partial charge in [-0.3, -0.25) is 0 Å². The van der Waals surface area contributed by atoms with Crippen LogP contribution in [-0.2, 0) is 17.3 Å². The van der Waals surface area contributed by atoms with Gasteiger partial charge in [0.25, 0.3) is 0 Å². The number of ether oxygens (including phenoxy) is 1. The zero-order valence-corrected chi connectivity index (χ0v) is 22.1. The molecule has 0 N–H and O–H groups in total. The Hall–Kier alpha value is -3.52. The molecule has 0 fully saturated rings. The van der Waals surface area contributed by atoms with Gasteiger partial charge in [0.15, 0.2) is 11.5 Å². The fourth-order valence-corrected chi connectivity index (χ4v) is 6.88. The summed E-state index contributed by atoms with van der Waals surface area (Å²) in [6, 6.07) is 28.6. The van der Waals surface area contributed by atoms with Gasteiger partial charge in [0.05, 0.1) is 11.4 Å². The topological polar surface area (TPSA) is 12.5 Å². The van der Waals surface area contributed by atoms with Crippen LogP contribution < -0.4 is 9.64 Å². The van der Waals surface area contributed by atoms with E-state index in [-0.39, 0.29) is 16.2 Å². The van der Waals surface area contributed by atoms with Crippen molar-refractivity contribution < 1.29 is 4.74 Å². The molecule has 3 aliphatic rings. The first kappa shape index (κ1) is 21.7. The molecular weight excluding hydrogens is 438 g/mol. The fourth-order valence-electron chi connectivity index (χ4n) is 6.88. The first-order chi connectivity index (χ1) is 17.1. The van der Waals surface area contributed by atoms with Crippen molar-refractivity contribution in [3.05, 3.63) is 101 Å². The van der Waals surface area contributed by atoms with Crippen LogP contribution in [0.5, 0.6) is 11.5 Å². The van der Waals surface area contributed by atoms with Crippen molar-refractivity contribution in [3.63, 3.8) is 0 Å². The van der Waals surface area contributed by atoms with Crippen LogP contribution in [0, 0.1) is 5.41 Å². The summed E-state index contributed by atoms with van der Waals surface area (Å²) in [4.78, 5) is 2.34. The van der Waals surface area contributed by atoms with E-state index in [9.17, 15) is 0 Å². The highest BCUT2D eigenvalue weighted by molar-refractivity contribution is 5.95. The van der Waals surface area contributed by atoms with Gasteiger partial charge in [-0.25, -0.2) is 0 Å². The van der Waals surface area contributed by atoms with Gasteiger partial charge in [-0.2, -0.15) is 0 Å². The molecule has 1 aliphatic heterocycles. The standard InChI is InChI=1S/C34H33NO/c1-32(2)25-19-22-18-21-16-17-28-31(30(21)24(22)20-26(25)33(3,4)34(32,5)6)36-29-15-11-10-14-27(29)35(28)23-12-8-7-9-13-23/h7-17,19-20H,18H2,1-6H3. The molecule has 7 rings (SSSR count). The quantitative estimate of drug-likeness (QED) is 0.237. The molecule has 4 aromatic carbocycles. The summed E-state index contributed by atoms with van der Waals surface area (Å²) in [7, 11) is 0. The van der Waals surface area contributed by atoms with Crippen molar-refractivity contribution in [1.29, 1.82) is 0 Å². The smallest absolute Gasteiger partial charge is 0.159 e. The summed E-state index contributed by atoms with van der Waals surface area (Å²) in [5, 5.41) is 0. The van der Waals surface area contributed by atoms with Crippen molar-refractivity contribution >= 4 is 17.1 Å². The molecule has 36 heavy (non-hydrogen) atoms. The van der Waals surface area contributed by atoms with Crippen LogP contribution in [0.1, 0.15) is 63.8 Å². The number of hydrogen-bond donors (Lipinski definition) is 0. The van der Waals surface area contributed by atoms with Gasteiger partial charge < -0.3 is 9.64 Å². The Morgan fingerprint density at radius 1 is 0.667 bits per heavy atom. The maximum Gasteiger partial charge on any atom is 0.159 e. The second kappa shape index (κ2) is 6.82. The molecule has 0 spiro atoms. The highest BCUT2D eigenvalue weighted by atomic mass is 16.5. The molecule has 0 amide bonds. The number of anilines is 3. The number of benzene rings is 4. The van der Waals surface area contributed by atoms with Gasteiger partial charge in [0.2, 0.25) is 0 Å². The minimum absolute atomic E-state index is 0.0714. The largest absolute Gasteiger partial charge is 0.452 e. The normalized spacial score (nSPS) is 19.0. The average Bonchev–Trinajstić information content (AvgIpc) is 3.28. The lowest BCUT2D eigenvalue weighted by atomic mass is 9.59. The van der Waals surface area contributed by atoms with Crippen LogP contribution in [0.25, 0.3) is 11.1 Å². The number of fused-ring (bicyclic) bond motifs is 7. The molecule has 0 unspecified atom stereocenters. The average molecular weight is 472 g/mol. The summed E-state index contributed by atoms with van der Waals surface area (Å²) < 4.78 is 6.74. The number of rotatable bonds is 1. The Labute approximate surface area is 214 Å². The third kappa shape index (κ3) is 2.52. The Morgan fingerprint density at radius 2 is 1.33 bits per heavy atom. The van der Waals surface area contributed by atoms with Crippen LogP contribution in [0.4, 0.5) is 17.1 Å². The maximum absolute atomic E-state index is 6.74. The van der Waals surface area contributed by atoms with Crippen LogP contribution in [-0.4, -0.2) is 0 Å². The van der Waals surface area contributed by atoms with E-state index >= 15 is 0 Å². The van der Waals surface area contributed by atoms with Crippen LogP contribution in [0.2, 0.25) is 0 Å². The zero-order valence-electron chi connectivity index (χ0n) is 22.1. The SMILES string of the molecule is CC1(C)c2cc3c(cc2C(C)(C)C1(C)C)-c1c(ccc2c1Oc1ccccc1N2c1ccccc1)C3. The number of para-hydroxylation sites is 3. The molecule has 1 heterocycles. The van der Waals surface area contributed by atoms with Crippen molar-refractivity contribution in [2.75, 3.05) is 4.90 Å². The number of nitrogens with zero attached hydrogens (tertiary/aromatic N) is 1. The van der Waals surface area contributed by atoms with Gasteiger partial charge in [-0.1, -0.05) is 84.0 Å². The predicted molar refractivity (Wildman–Crippen MR) is 149 cm³/mol. The second-order valence-electron chi connectivity index (χ2n) is 12.3. The van der Waals surface area contributed by atoms with Gasteiger partial charge in [0, 0.05) is 11.3 Å². The lowest BCUT2D eigenvalue weighted by Crippen LogP contribution is -2.42. The van der Waals surface area contributed by atoms with Gasteiger partial charge >= 0.3 is 0 Å². The minimum Gasteiger partial charge on any atom is -0.452 e. The summed E-state index contributed by atoms with van der Waals surface area (Å²) in [6.45, 7) is 14.6. The zero-order chi connectivity index (χ0) is 25.0. The van der Waals surface area contributed by atoms with Crippen molar-refractivity contribution in [1.82, 2.24) is 0 Å². The fraction of sp³-hybridized carbons (Fsp3) is 0.294. The minimum atomic E-state index is 0.0714. The van der Waals surface area contributed by atoms with E-state index in [1.165, 1.54) is 33.4 Å². The van der Waals surface area contributed by atoms with E-state index in [2.05, 4.69) is 125 Å². The first-order valence-corrected chi connectivity index (χ1v) is 13.1. The van der Waals surface area contributed by atoms with Gasteiger partial charge in [-0.15, -0.1) is 0 Å². The lowest BCUT2D eigenvalue weighted by molar-refractivity contribution is 0.125. The monoisotopic (exact) mass is 471 g/mol. The van der Waals surface area contributed by atoms with E-state index in [1.54, 1.807) is 0 Å². The summed E-state index contributed by atoms with van der Waals surface area (Å²) in [5.74, 6) is 1.88. The van der Waals surface area contributed by atoms with Crippen molar-refractivity contribution in [2.45, 2.75) is 58.8 Å². The molecule has 0 saturated heterocycles. The van der Waals surface area contributed by atoms with Gasteiger partial charge in [0.1, 0.15) is 0 Å².